The smallest absolute Gasteiger partial charge is 0.173 e. The molecule has 0 aromatic heterocycles. The average Bonchev–Trinajstić information content (AvgIpc) is 1.89. The van der Waals surface area contributed by atoms with E-state index in [2.05, 4.69) is 0 Å². The summed E-state index contributed by atoms with van der Waals surface area (Å²) in [6.07, 6.45) is 4.01. The number of rotatable bonds is 4. The zero-order valence-electron chi connectivity index (χ0n) is 6.48. The topological polar surface area (TPSA) is 17.1 Å². The van der Waals surface area contributed by atoms with Gasteiger partial charge in [-0.3, -0.25) is 4.79 Å². The summed E-state index contributed by atoms with van der Waals surface area (Å²) in [6, 6.07) is 0. The van der Waals surface area contributed by atoms with Crippen molar-refractivity contribution >= 4 is 17.4 Å². The summed E-state index contributed by atoms with van der Waals surface area (Å²) < 4.78 is 0. The molecule has 0 saturated carbocycles. The monoisotopic (exact) mass is 160 g/mol. The normalized spacial score (nSPS) is 11.7. The third kappa shape index (κ3) is 3.67. The lowest BCUT2D eigenvalue weighted by atomic mass is 10.2. The van der Waals surface area contributed by atoms with Crippen LogP contribution in [0.4, 0.5) is 0 Å². The van der Waals surface area contributed by atoms with Gasteiger partial charge in [0, 0.05) is 6.42 Å². The first-order chi connectivity index (χ1) is 4.72. The van der Waals surface area contributed by atoms with Gasteiger partial charge in [0.15, 0.2) is 5.78 Å². The van der Waals surface area contributed by atoms with Gasteiger partial charge >= 0.3 is 0 Å². The Labute approximate surface area is 67.1 Å². The highest BCUT2D eigenvalue weighted by Gasteiger charge is 2.02. The highest BCUT2D eigenvalue weighted by atomic mass is 35.5. The summed E-state index contributed by atoms with van der Waals surface area (Å²) in [7, 11) is 0. The quantitative estimate of drug-likeness (QED) is 0.578. The minimum atomic E-state index is 0.0611. The third-order valence-electron chi connectivity index (χ3n) is 1.13. The van der Waals surface area contributed by atoms with Crippen LogP contribution in [0, 0.1) is 0 Å². The van der Waals surface area contributed by atoms with E-state index in [9.17, 15) is 4.79 Å². The van der Waals surface area contributed by atoms with Crippen LogP contribution in [-0.4, -0.2) is 5.78 Å². The Bertz CT molecular complexity index is 138. The van der Waals surface area contributed by atoms with Crippen molar-refractivity contribution in [1.29, 1.82) is 0 Å². The van der Waals surface area contributed by atoms with E-state index >= 15 is 0 Å². The van der Waals surface area contributed by atoms with Crippen molar-refractivity contribution in [2.45, 2.75) is 33.1 Å². The molecule has 0 unspecified atom stereocenters. The number of hydrogen-bond acceptors (Lipinski definition) is 1. The van der Waals surface area contributed by atoms with E-state index in [-0.39, 0.29) is 5.78 Å². The molecule has 0 atom stereocenters. The second-order valence-corrected chi connectivity index (χ2v) is 2.54. The fourth-order valence-corrected chi connectivity index (χ4v) is 0.888. The zero-order valence-corrected chi connectivity index (χ0v) is 7.24. The molecule has 0 N–H and O–H groups in total. The van der Waals surface area contributed by atoms with Gasteiger partial charge in [0.1, 0.15) is 0 Å². The summed E-state index contributed by atoms with van der Waals surface area (Å²) in [5.74, 6) is 0.0611. The molecule has 0 amide bonds. The van der Waals surface area contributed by atoms with Crippen LogP contribution in [0.2, 0.25) is 0 Å². The van der Waals surface area contributed by atoms with Gasteiger partial charge in [-0.25, -0.2) is 0 Å². The van der Waals surface area contributed by atoms with Gasteiger partial charge in [-0.15, -0.1) is 0 Å². The van der Waals surface area contributed by atoms with E-state index < -0.39 is 0 Å². The summed E-state index contributed by atoms with van der Waals surface area (Å²) in [5.41, 5.74) is 0. The third-order valence-corrected chi connectivity index (χ3v) is 1.49. The van der Waals surface area contributed by atoms with E-state index in [1.54, 1.807) is 6.08 Å². The summed E-state index contributed by atoms with van der Waals surface area (Å²) in [4.78, 5) is 10.9. The SMILES string of the molecule is CC/C=C(\Cl)C(=O)CCC. The van der Waals surface area contributed by atoms with Gasteiger partial charge < -0.3 is 0 Å². The number of carbonyl (C=O) groups is 1. The molecule has 0 fully saturated rings. The Hall–Kier alpha value is -0.300. The second-order valence-electron chi connectivity index (χ2n) is 2.13. The van der Waals surface area contributed by atoms with E-state index in [1.165, 1.54) is 0 Å². The van der Waals surface area contributed by atoms with Gasteiger partial charge in [-0.1, -0.05) is 31.5 Å². The highest BCUT2D eigenvalue weighted by molar-refractivity contribution is 6.42. The molecule has 1 nitrogen and oxygen atoms in total. The van der Waals surface area contributed by atoms with Crippen LogP contribution >= 0.6 is 11.6 Å². The number of ketones is 1. The van der Waals surface area contributed by atoms with Crippen molar-refractivity contribution in [1.82, 2.24) is 0 Å². The number of allylic oxidation sites excluding steroid dienone is 2. The molecule has 0 radical (unpaired) electrons. The number of carbonyl (C=O) groups excluding carboxylic acids is 1. The van der Waals surface area contributed by atoms with E-state index in [0.717, 1.165) is 12.8 Å². The maximum absolute atomic E-state index is 10.9. The molecule has 10 heavy (non-hydrogen) atoms. The maximum Gasteiger partial charge on any atom is 0.173 e. The summed E-state index contributed by atoms with van der Waals surface area (Å²) >= 11 is 5.62. The standard InChI is InChI=1S/C8H13ClO/c1-3-5-7(9)8(10)6-4-2/h5H,3-4,6H2,1-2H3/b7-5-. The largest absolute Gasteiger partial charge is 0.293 e. The first-order valence-electron chi connectivity index (χ1n) is 3.61. The van der Waals surface area contributed by atoms with Gasteiger partial charge in [0.25, 0.3) is 0 Å². The van der Waals surface area contributed by atoms with Crippen molar-refractivity contribution in [3.05, 3.63) is 11.1 Å². The molecule has 2 heteroatoms. The van der Waals surface area contributed by atoms with Crippen LogP contribution in [0.3, 0.4) is 0 Å². The van der Waals surface area contributed by atoms with Gasteiger partial charge in [-0.2, -0.15) is 0 Å². The van der Waals surface area contributed by atoms with Crippen LogP contribution in [0.1, 0.15) is 33.1 Å². The predicted molar refractivity (Wildman–Crippen MR) is 44.1 cm³/mol. The molecule has 0 bridgehead atoms. The van der Waals surface area contributed by atoms with Crippen LogP contribution in [0.25, 0.3) is 0 Å². The molecule has 58 valence electrons. The molecular weight excluding hydrogens is 148 g/mol. The molecule has 0 aliphatic heterocycles. The number of hydrogen-bond donors (Lipinski definition) is 0. The van der Waals surface area contributed by atoms with Gasteiger partial charge in [0.05, 0.1) is 5.03 Å². The molecule has 0 rings (SSSR count). The van der Waals surface area contributed by atoms with Gasteiger partial charge in [0.2, 0.25) is 0 Å². The molecule has 0 spiro atoms. The summed E-state index contributed by atoms with van der Waals surface area (Å²) in [5, 5.41) is 0.393. The predicted octanol–water partition coefficient (Wildman–Crippen LogP) is 2.89. The van der Waals surface area contributed by atoms with E-state index in [0.29, 0.717) is 11.5 Å². The zero-order chi connectivity index (χ0) is 7.98. The first-order valence-corrected chi connectivity index (χ1v) is 3.99. The maximum atomic E-state index is 10.9. The molecule has 0 aliphatic carbocycles. The number of Topliss-reactive ketones (excluding diaryl/α,β-unsaturated/α-hetero) is 1. The van der Waals surface area contributed by atoms with Crippen LogP contribution in [0.5, 0.6) is 0 Å². The molecule has 0 aliphatic rings. The Morgan fingerprint density at radius 1 is 1.50 bits per heavy atom. The van der Waals surface area contributed by atoms with E-state index in [4.69, 9.17) is 11.6 Å². The van der Waals surface area contributed by atoms with Crippen LogP contribution in [0.15, 0.2) is 11.1 Å². The van der Waals surface area contributed by atoms with Crippen LogP contribution < -0.4 is 0 Å². The van der Waals surface area contributed by atoms with Gasteiger partial charge in [-0.05, 0) is 12.8 Å². The fraction of sp³-hybridized carbons (Fsp3) is 0.625. The minimum absolute atomic E-state index is 0.0611. The Kier molecular flexibility index (Phi) is 5.32. The molecule has 0 saturated heterocycles. The Morgan fingerprint density at radius 2 is 2.10 bits per heavy atom. The molecular formula is C8H13ClO. The lowest BCUT2D eigenvalue weighted by molar-refractivity contribution is -0.115. The fourth-order valence-electron chi connectivity index (χ4n) is 0.640. The first kappa shape index (κ1) is 9.70. The van der Waals surface area contributed by atoms with Crippen molar-refractivity contribution < 1.29 is 4.79 Å². The number of halogens is 1. The Balaban J connectivity index is 3.82. The minimum Gasteiger partial charge on any atom is -0.293 e. The molecule has 0 aromatic carbocycles. The molecule has 0 heterocycles. The lowest BCUT2D eigenvalue weighted by Gasteiger charge is -1.93. The van der Waals surface area contributed by atoms with Crippen molar-refractivity contribution in [3.8, 4) is 0 Å². The molecule has 0 aromatic rings. The highest BCUT2D eigenvalue weighted by Crippen LogP contribution is 2.07. The lowest BCUT2D eigenvalue weighted by Crippen LogP contribution is -1.95. The Morgan fingerprint density at radius 3 is 2.50 bits per heavy atom. The van der Waals surface area contributed by atoms with Crippen molar-refractivity contribution in [3.63, 3.8) is 0 Å². The van der Waals surface area contributed by atoms with E-state index in [1.807, 2.05) is 13.8 Å². The van der Waals surface area contributed by atoms with Crippen molar-refractivity contribution in [2.75, 3.05) is 0 Å². The second kappa shape index (κ2) is 5.48. The van der Waals surface area contributed by atoms with Crippen LogP contribution in [-0.2, 0) is 4.79 Å². The van der Waals surface area contributed by atoms with Crippen molar-refractivity contribution in [2.24, 2.45) is 0 Å². The summed E-state index contributed by atoms with van der Waals surface area (Å²) in [6.45, 7) is 3.93. The average molecular weight is 161 g/mol.